The highest BCUT2D eigenvalue weighted by atomic mass is 35.5. The maximum absolute atomic E-state index is 12.7. The van der Waals surface area contributed by atoms with Crippen LogP contribution in [0.4, 0.5) is 0 Å². The van der Waals surface area contributed by atoms with Gasteiger partial charge in [-0.3, -0.25) is 9.59 Å². The third kappa shape index (κ3) is 2.89. The number of halogens is 1. The van der Waals surface area contributed by atoms with Crippen LogP contribution >= 0.6 is 22.9 Å². The molecule has 2 heterocycles. The number of benzene rings is 1. The van der Waals surface area contributed by atoms with Gasteiger partial charge in [-0.2, -0.15) is 0 Å². The number of amides is 1. The molecule has 0 spiro atoms. The summed E-state index contributed by atoms with van der Waals surface area (Å²) in [5, 5.41) is 13.4. The summed E-state index contributed by atoms with van der Waals surface area (Å²) in [7, 11) is 0. The number of carbonyl (C=O) groups is 2. The van der Waals surface area contributed by atoms with Crippen molar-refractivity contribution < 1.29 is 14.7 Å². The van der Waals surface area contributed by atoms with Crippen molar-refractivity contribution in [2.24, 2.45) is 5.92 Å². The Hall–Kier alpha value is -2.31. The molecule has 3 aromatic rings. The second-order valence-electron chi connectivity index (χ2n) is 6.65. The van der Waals surface area contributed by atoms with E-state index in [1.165, 1.54) is 11.3 Å². The number of carbonyl (C=O) groups excluding carboxylic acids is 1. The van der Waals surface area contributed by atoms with Crippen LogP contribution in [0.2, 0.25) is 4.34 Å². The van der Waals surface area contributed by atoms with Crippen LogP contribution in [0.5, 0.6) is 0 Å². The highest BCUT2D eigenvalue weighted by Crippen LogP contribution is 2.39. The number of fused-ring (bicyclic) bond motifs is 2. The van der Waals surface area contributed by atoms with Crippen molar-refractivity contribution in [1.82, 2.24) is 10.3 Å². The fourth-order valence-corrected chi connectivity index (χ4v) is 4.93. The average molecular weight is 389 g/mol. The number of aromatic amines is 1. The quantitative estimate of drug-likeness (QED) is 0.630. The van der Waals surface area contributed by atoms with Crippen molar-refractivity contribution in [3.8, 4) is 0 Å². The fourth-order valence-electron chi connectivity index (χ4n) is 3.80. The zero-order valence-corrected chi connectivity index (χ0v) is 15.5. The van der Waals surface area contributed by atoms with Gasteiger partial charge in [-0.05, 0) is 29.7 Å². The van der Waals surface area contributed by atoms with Gasteiger partial charge >= 0.3 is 5.97 Å². The minimum absolute atomic E-state index is 0.232. The number of aromatic nitrogens is 1. The molecule has 2 aromatic heterocycles. The summed E-state index contributed by atoms with van der Waals surface area (Å²) in [5.41, 5.74) is 2.56. The van der Waals surface area contributed by atoms with Crippen molar-refractivity contribution in [3.05, 3.63) is 57.6 Å². The van der Waals surface area contributed by atoms with E-state index in [0.717, 1.165) is 21.3 Å². The molecular weight excluding hydrogens is 372 g/mol. The number of rotatable bonds is 4. The number of aliphatic carboxylic acids is 1. The van der Waals surface area contributed by atoms with Gasteiger partial charge in [0.05, 0.1) is 10.3 Å². The zero-order chi connectivity index (χ0) is 18.4. The van der Waals surface area contributed by atoms with E-state index in [-0.39, 0.29) is 17.9 Å². The lowest BCUT2D eigenvalue weighted by molar-refractivity contribution is -0.142. The number of thiophene rings is 1. The molecule has 0 fully saturated rings. The van der Waals surface area contributed by atoms with Crippen LogP contribution in [0, 0.1) is 5.92 Å². The van der Waals surface area contributed by atoms with E-state index < -0.39 is 11.9 Å². The zero-order valence-electron chi connectivity index (χ0n) is 14.0. The molecule has 4 rings (SSSR count). The maximum Gasteiger partial charge on any atom is 0.306 e. The number of carboxylic acid groups (broad SMARTS) is 1. The third-order valence-electron chi connectivity index (χ3n) is 5.06. The molecule has 0 radical (unpaired) electrons. The molecule has 1 unspecified atom stereocenters. The summed E-state index contributed by atoms with van der Waals surface area (Å²) < 4.78 is 0.666. The van der Waals surface area contributed by atoms with Gasteiger partial charge in [0.25, 0.3) is 5.91 Å². The number of hydrogen-bond donors (Lipinski definition) is 3. The van der Waals surface area contributed by atoms with Gasteiger partial charge in [-0.1, -0.05) is 42.8 Å². The van der Waals surface area contributed by atoms with Crippen molar-refractivity contribution in [1.29, 1.82) is 0 Å². The Morgan fingerprint density at radius 2 is 2.12 bits per heavy atom. The molecule has 0 bridgehead atoms. The molecule has 1 aliphatic rings. The minimum Gasteiger partial charge on any atom is -0.481 e. The molecule has 0 aliphatic heterocycles. The summed E-state index contributed by atoms with van der Waals surface area (Å²) in [4.78, 5) is 28.2. The summed E-state index contributed by atoms with van der Waals surface area (Å²) in [6, 6.07) is 11.1. The lowest BCUT2D eigenvalue weighted by Gasteiger charge is -2.25. The predicted octanol–water partition coefficient (Wildman–Crippen LogP) is 4.04. The first kappa shape index (κ1) is 17.1. The second-order valence-corrected chi connectivity index (χ2v) is 8.34. The Morgan fingerprint density at radius 1 is 1.35 bits per heavy atom. The maximum atomic E-state index is 12.7. The molecule has 0 saturated carbocycles. The standard InChI is InChI=1S/C19H17ClN2O3S/c1-9(19(24)25)16-12-5-3-2-4-10(12)6-13(16)21-17(23)14-7-11-8-15(20)26-18(11)22-14/h2-5,7-9,13,16,22H,6H2,1H3,(H,21,23)(H,24,25)/t9?,13-,16-/m1/s1. The Kier molecular flexibility index (Phi) is 4.25. The van der Waals surface area contributed by atoms with Gasteiger partial charge in [0, 0.05) is 17.3 Å². The Bertz CT molecular complexity index is 978. The van der Waals surface area contributed by atoms with E-state index in [2.05, 4.69) is 10.3 Å². The van der Waals surface area contributed by atoms with E-state index >= 15 is 0 Å². The van der Waals surface area contributed by atoms with E-state index in [0.29, 0.717) is 16.5 Å². The number of carboxylic acids is 1. The monoisotopic (exact) mass is 388 g/mol. The van der Waals surface area contributed by atoms with Crippen LogP contribution in [0.1, 0.15) is 34.5 Å². The molecule has 1 amide bonds. The molecule has 1 aliphatic carbocycles. The van der Waals surface area contributed by atoms with Gasteiger partial charge in [-0.15, -0.1) is 11.3 Å². The largest absolute Gasteiger partial charge is 0.481 e. The first-order chi connectivity index (χ1) is 12.4. The lowest BCUT2D eigenvalue weighted by Crippen LogP contribution is -2.41. The highest BCUT2D eigenvalue weighted by molar-refractivity contribution is 7.22. The summed E-state index contributed by atoms with van der Waals surface area (Å²) in [6.45, 7) is 1.70. The van der Waals surface area contributed by atoms with E-state index in [1.54, 1.807) is 13.0 Å². The van der Waals surface area contributed by atoms with Crippen molar-refractivity contribution in [2.75, 3.05) is 0 Å². The molecular formula is C19H17ClN2O3S. The summed E-state index contributed by atoms with van der Waals surface area (Å²) in [5.74, 6) is -1.93. The van der Waals surface area contributed by atoms with Crippen LogP contribution < -0.4 is 5.32 Å². The minimum atomic E-state index is -0.860. The van der Waals surface area contributed by atoms with Gasteiger partial charge in [-0.25, -0.2) is 0 Å². The van der Waals surface area contributed by atoms with Crippen LogP contribution in [-0.4, -0.2) is 28.0 Å². The third-order valence-corrected chi connectivity index (χ3v) is 6.25. The Morgan fingerprint density at radius 3 is 2.85 bits per heavy atom. The molecule has 5 nitrogen and oxygen atoms in total. The second kappa shape index (κ2) is 6.45. The van der Waals surface area contributed by atoms with E-state index in [1.807, 2.05) is 30.3 Å². The van der Waals surface area contributed by atoms with Crippen LogP contribution in [0.3, 0.4) is 0 Å². The molecule has 3 N–H and O–H groups in total. The van der Waals surface area contributed by atoms with Crippen molar-refractivity contribution in [3.63, 3.8) is 0 Å². The molecule has 0 saturated heterocycles. The normalized spacial score (nSPS) is 20.1. The summed E-state index contributed by atoms with van der Waals surface area (Å²) in [6.07, 6.45) is 0.630. The molecule has 26 heavy (non-hydrogen) atoms. The Labute approximate surface area is 159 Å². The lowest BCUT2D eigenvalue weighted by atomic mass is 9.86. The van der Waals surface area contributed by atoms with Crippen LogP contribution in [0.25, 0.3) is 10.2 Å². The van der Waals surface area contributed by atoms with Gasteiger partial charge in [0.15, 0.2) is 0 Å². The van der Waals surface area contributed by atoms with Crippen LogP contribution in [-0.2, 0) is 11.2 Å². The predicted molar refractivity (Wildman–Crippen MR) is 102 cm³/mol. The van der Waals surface area contributed by atoms with Crippen molar-refractivity contribution in [2.45, 2.75) is 25.3 Å². The first-order valence-electron chi connectivity index (χ1n) is 8.33. The smallest absolute Gasteiger partial charge is 0.306 e. The Balaban J connectivity index is 1.60. The molecule has 134 valence electrons. The van der Waals surface area contributed by atoms with Gasteiger partial charge in [0.1, 0.15) is 10.5 Å². The summed E-state index contributed by atoms with van der Waals surface area (Å²) >= 11 is 7.36. The van der Waals surface area contributed by atoms with Crippen LogP contribution in [0.15, 0.2) is 36.4 Å². The van der Waals surface area contributed by atoms with Gasteiger partial charge in [0.2, 0.25) is 0 Å². The molecule has 7 heteroatoms. The topological polar surface area (TPSA) is 82.2 Å². The van der Waals surface area contributed by atoms with Gasteiger partial charge < -0.3 is 15.4 Å². The average Bonchev–Trinajstić information content (AvgIpc) is 3.24. The number of hydrogen-bond acceptors (Lipinski definition) is 3. The number of nitrogens with one attached hydrogen (secondary N) is 2. The molecule has 3 atom stereocenters. The number of H-pyrrole nitrogens is 1. The first-order valence-corrected chi connectivity index (χ1v) is 9.53. The van der Waals surface area contributed by atoms with E-state index in [4.69, 9.17) is 11.6 Å². The SMILES string of the molecule is CC(C(=O)O)[C@@H]1c2ccccc2C[C@H]1NC(=O)c1cc2cc(Cl)sc2[nH]1. The molecule has 1 aromatic carbocycles. The highest BCUT2D eigenvalue weighted by Gasteiger charge is 2.39. The fraction of sp³-hybridized carbons (Fsp3) is 0.263. The van der Waals surface area contributed by atoms with Crippen molar-refractivity contribution >= 4 is 45.0 Å². The van der Waals surface area contributed by atoms with E-state index in [9.17, 15) is 14.7 Å².